The van der Waals surface area contributed by atoms with E-state index < -0.39 is 69.5 Å². The smallest absolute Gasteiger partial charge is 0.296 e. The molecule has 2 unspecified atom stereocenters. The first kappa shape index (κ1) is 50.3. The van der Waals surface area contributed by atoms with Crippen LogP contribution in [-0.4, -0.2) is 67.6 Å². The molecule has 19 heteroatoms. The highest BCUT2D eigenvalue weighted by Gasteiger charge is 2.31. The van der Waals surface area contributed by atoms with Crippen LogP contribution in [0.5, 0.6) is 5.75 Å². The number of aliphatic hydroxyl groups excluding tert-OH is 1. The number of rotatable bonds is 21. The average molecular weight is 926 g/mol. The summed E-state index contributed by atoms with van der Waals surface area (Å²) in [7, 11) is -14.1. The number of hydrogen-bond donors (Lipinski definition) is 5. The van der Waals surface area contributed by atoms with Gasteiger partial charge in [0.15, 0.2) is 5.75 Å². The molecule has 0 spiro atoms. The lowest BCUT2D eigenvalue weighted by atomic mass is 10.0. The average Bonchev–Trinajstić information content (AvgIpc) is 3.23. The summed E-state index contributed by atoms with van der Waals surface area (Å²) in [6, 6.07) is 21.0. The lowest BCUT2D eigenvalue weighted by Crippen LogP contribution is -2.40. The summed E-state index contributed by atoms with van der Waals surface area (Å²) in [5.74, 6) is -1.60. The number of aliphatic hydroxyl groups is 1. The highest BCUT2D eigenvalue weighted by molar-refractivity contribution is 7.92. The number of aromatic hydroxyl groups is 1. The number of sulfonamides is 1. The van der Waals surface area contributed by atoms with Crippen LogP contribution in [0.1, 0.15) is 91.4 Å². The molecule has 0 aliphatic carbocycles. The van der Waals surface area contributed by atoms with Gasteiger partial charge in [0.05, 0.1) is 33.0 Å². The van der Waals surface area contributed by atoms with Gasteiger partial charge in [-0.3, -0.25) is 23.2 Å². The molecule has 0 bridgehead atoms. The van der Waals surface area contributed by atoms with E-state index in [2.05, 4.69) is 27.5 Å². The lowest BCUT2D eigenvalue weighted by molar-refractivity contribution is -0.114. The third kappa shape index (κ3) is 14.9. The van der Waals surface area contributed by atoms with Crippen LogP contribution in [0.25, 0.3) is 10.8 Å². The number of benzene rings is 4. The second-order valence-corrected chi connectivity index (χ2v) is 19.6. The van der Waals surface area contributed by atoms with Gasteiger partial charge >= 0.3 is 0 Å². The van der Waals surface area contributed by atoms with Crippen molar-refractivity contribution >= 4 is 69.7 Å². The summed E-state index contributed by atoms with van der Waals surface area (Å²) in [5.41, 5.74) is -0.774. The van der Waals surface area contributed by atoms with Crippen LogP contribution in [0, 0.1) is 0 Å². The summed E-state index contributed by atoms with van der Waals surface area (Å²) in [5, 5.41) is 31.9. The zero-order valence-corrected chi connectivity index (χ0v) is 37.9. The Bertz CT molecular complexity index is 2610. The maximum Gasteiger partial charge on any atom is 0.296 e. The first-order chi connectivity index (χ1) is 29.8. The van der Waals surface area contributed by atoms with Crippen molar-refractivity contribution in [1.29, 1.82) is 0 Å². The van der Waals surface area contributed by atoms with Crippen molar-refractivity contribution in [1.82, 2.24) is 4.98 Å². The predicted molar refractivity (Wildman–Crippen MR) is 242 cm³/mol. The van der Waals surface area contributed by atoms with E-state index in [-0.39, 0.29) is 39.2 Å². The number of phenolic OH excluding ortho intramolecular Hbond substituents is 1. The van der Waals surface area contributed by atoms with Crippen molar-refractivity contribution in [2.24, 2.45) is 10.2 Å². The molecule has 1 heterocycles. The molecule has 0 aliphatic rings. The molecule has 340 valence electrons. The molecule has 16 nitrogen and oxygen atoms in total. The van der Waals surface area contributed by atoms with Crippen molar-refractivity contribution in [3.8, 4) is 5.75 Å². The van der Waals surface area contributed by atoms with Crippen molar-refractivity contribution in [2.45, 2.75) is 118 Å². The summed E-state index contributed by atoms with van der Waals surface area (Å²) >= 11 is 0. The Morgan fingerprint density at radius 3 is 1.86 bits per heavy atom. The molecule has 0 aliphatic heterocycles. The van der Waals surface area contributed by atoms with Gasteiger partial charge in [-0.05, 0) is 91.9 Å². The number of aromatic nitrogens is 1. The minimum Gasteiger partial charge on any atom is -0.505 e. The fraction of sp³-hybridized carbons (Fsp3) is 0.364. The van der Waals surface area contributed by atoms with Gasteiger partial charge in [0.2, 0.25) is 5.91 Å². The Kier molecular flexibility index (Phi) is 18.7. The van der Waals surface area contributed by atoms with Gasteiger partial charge in [-0.25, -0.2) is 8.42 Å². The van der Waals surface area contributed by atoms with Gasteiger partial charge < -0.3 is 15.5 Å². The van der Waals surface area contributed by atoms with Gasteiger partial charge in [0.25, 0.3) is 30.3 Å². The number of azo groups is 1. The molecule has 5 N–H and O–H groups in total. The second-order valence-electron chi connectivity index (χ2n) is 15.0. The number of carbonyl (C=O) groups is 1. The molecule has 5 aromatic rings. The number of nitrogens with one attached hydrogen (secondary N) is 1. The Morgan fingerprint density at radius 2 is 1.33 bits per heavy atom. The van der Waals surface area contributed by atoms with E-state index >= 15 is 0 Å². The molecular formula is C44H55N5O11S3. The standard InChI is InChI=1S/C39H50N4O11S3.C5H5N/c1-4-5-6-7-8-9-10-11-13-16-32(45)23-27(2)43(55(47,48)33-17-14-12-15-18-33)31-21-19-30(20-22-31)41-42-38-36(57(52,53)54)25-29-24-34(56(49,50)51)26-35(40-28(3)44)37(29)39(38)46;1-2-4-6-5-3-1/h12,14-15,17-22,24-27,32,45-46H,4-11,13,16,23H2,1-3H3,(H,40,44)(H,49,50,51)(H,52,53,54);1-5H. The summed E-state index contributed by atoms with van der Waals surface area (Å²) in [4.78, 5) is 14.1. The number of anilines is 2. The van der Waals surface area contributed by atoms with Crippen molar-refractivity contribution < 1.29 is 49.4 Å². The minimum atomic E-state index is -5.14. The largest absolute Gasteiger partial charge is 0.505 e. The van der Waals surface area contributed by atoms with Crippen LogP contribution in [0.3, 0.4) is 0 Å². The van der Waals surface area contributed by atoms with E-state index in [4.69, 9.17) is 0 Å². The molecule has 2 atom stereocenters. The molecule has 0 saturated carbocycles. The molecule has 0 fully saturated rings. The Balaban J connectivity index is 0.00000133. The fourth-order valence-corrected chi connectivity index (χ4v) is 9.80. The van der Waals surface area contributed by atoms with E-state index in [9.17, 15) is 49.4 Å². The van der Waals surface area contributed by atoms with Crippen LogP contribution >= 0.6 is 0 Å². The fourth-order valence-electron chi connectivity index (χ4n) is 6.91. The number of pyridine rings is 1. The number of amides is 1. The first-order valence-electron chi connectivity index (χ1n) is 20.5. The normalized spacial score (nSPS) is 13.0. The van der Waals surface area contributed by atoms with Crippen molar-refractivity contribution in [3.63, 3.8) is 0 Å². The second kappa shape index (κ2) is 23.4. The molecule has 63 heavy (non-hydrogen) atoms. The van der Waals surface area contributed by atoms with E-state index in [1.807, 2.05) is 18.2 Å². The van der Waals surface area contributed by atoms with Crippen molar-refractivity contribution in [3.05, 3.63) is 103 Å². The predicted octanol–water partition coefficient (Wildman–Crippen LogP) is 9.75. The van der Waals surface area contributed by atoms with Crippen LogP contribution in [0.4, 0.5) is 22.7 Å². The molecule has 1 aromatic heterocycles. The summed E-state index contributed by atoms with van der Waals surface area (Å²) in [6.45, 7) is 4.99. The number of fused-ring (bicyclic) bond motifs is 1. The third-order valence-electron chi connectivity index (χ3n) is 9.90. The summed E-state index contributed by atoms with van der Waals surface area (Å²) in [6.07, 6.45) is 13.6. The Morgan fingerprint density at radius 1 is 0.746 bits per heavy atom. The van der Waals surface area contributed by atoms with Gasteiger partial charge in [-0.1, -0.05) is 89.0 Å². The van der Waals surface area contributed by atoms with E-state index in [1.165, 1.54) is 72.8 Å². The number of unbranched alkanes of at least 4 members (excludes halogenated alkanes) is 8. The molecule has 4 aromatic carbocycles. The van der Waals surface area contributed by atoms with Crippen LogP contribution in [-0.2, 0) is 35.1 Å². The lowest BCUT2D eigenvalue weighted by Gasteiger charge is -2.32. The molecular weight excluding hydrogens is 871 g/mol. The third-order valence-corrected chi connectivity index (χ3v) is 13.6. The maximum absolute atomic E-state index is 14.0. The van der Waals surface area contributed by atoms with E-state index in [0.29, 0.717) is 6.42 Å². The minimum absolute atomic E-state index is 0.0425. The van der Waals surface area contributed by atoms with Crippen LogP contribution in [0.15, 0.2) is 128 Å². The zero-order valence-electron chi connectivity index (χ0n) is 35.4. The van der Waals surface area contributed by atoms with Crippen LogP contribution < -0.4 is 9.62 Å². The van der Waals surface area contributed by atoms with Crippen LogP contribution in [0.2, 0.25) is 0 Å². The summed E-state index contributed by atoms with van der Waals surface area (Å²) < 4.78 is 97.7. The van der Waals surface area contributed by atoms with Gasteiger partial charge in [0.1, 0.15) is 10.6 Å². The number of carbonyl (C=O) groups excluding carboxylic acids is 1. The topological polar surface area (TPSA) is 253 Å². The van der Waals surface area contributed by atoms with E-state index in [1.54, 1.807) is 37.5 Å². The maximum atomic E-state index is 14.0. The Hall–Kier alpha value is -5.31. The number of hydrogen-bond acceptors (Lipinski definition) is 12. The molecule has 1 amide bonds. The molecule has 0 radical (unpaired) electrons. The highest BCUT2D eigenvalue weighted by Crippen LogP contribution is 2.45. The Labute approximate surface area is 369 Å². The zero-order chi connectivity index (χ0) is 46.2. The van der Waals surface area contributed by atoms with E-state index in [0.717, 1.165) is 50.8 Å². The monoisotopic (exact) mass is 925 g/mol. The van der Waals surface area contributed by atoms with Gasteiger partial charge in [0, 0.05) is 30.7 Å². The highest BCUT2D eigenvalue weighted by atomic mass is 32.2. The van der Waals surface area contributed by atoms with Gasteiger partial charge in [-0.2, -0.15) is 21.9 Å². The molecule has 5 rings (SSSR count). The van der Waals surface area contributed by atoms with Crippen molar-refractivity contribution in [2.75, 3.05) is 9.62 Å². The molecule has 0 saturated heterocycles. The quantitative estimate of drug-likeness (QED) is 0.0262. The first-order valence-corrected chi connectivity index (χ1v) is 24.9. The number of phenols is 1. The van der Waals surface area contributed by atoms with Gasteiger partial charge in [-0.15, -0.1) is 5.11 Å². The number of nitrogens with zero attached hydrogens (tertiary/aromatic N) is 4. The SMILES string of the molecule is CCCCCCCCCCCC(O)CC(C)N(c1ccc(N=Nc2c(S(=O)(=O)O)cc3cc(S(=O)(=O)O)cc(NC(C)=O)c3c2O)cc1)S(=O)(=O)c1ccccc1.c1ccncc1.